The zero-order valence-electron chi connectivity index (χ0n) is 8.00. The second-order valence-electron chi connectivity index (χ2n) is 3.13. The first-order valence-electron chi connectivity index (χ1n) is 4.43. The lowest BCUT2D eigenvalue weighted by molar-refractivity contribution is 0.105. The Morgan fingerprint density at radius 3 is 2.86 bits per heavy atom. The predicted octanol–water partition coefficient (Wildman–Crippen LogP) is 1.41. The van der Waals surface area contributed by atoms with Crippen LogP contribution >= 0.6 is 11.6 Å². The summed E-state index contributed by atoms with van der Waals surface area (Å²) in [5, 5.41) is 21.5. The third-order valence-corrected chi connectivity index (χ3v) is 2.42. The molecule has 0 saturated heterocycles. The van der Waals surface area contributed by atoms with E-state index in [1.165, 1.54) is 0 Å². The highest BCUT2D eigenvalue weighted by Gasteiger charge is 2.04. The van der Waals surface area contributed by atoms with Crippen LogP contribution in [0.1, 0.15) is 5.56 Å². The van der Waals surface area contributed by atoms with E-state index in [9.17, 15) is 0 Å². The van der Waals surface area contributed by atoms with Crippen molar-refractivity contribution in [2.75, 3.05) is 18.5 Å². The number of hydrogen-bond acceptors (Lipinski definition) is 3. The standard InChI is InChI=1S/C10H14ClNO2/c1-7-9(11)3-2-4-10(7)12-5-8(14)6-13/h2-4,8,12-14H,5-6H2,1H3/t8-/m0/s1. The Labute approximate surface area is 88.3 Å². The van der Waals surface area contributed by atoms with Gasteiger partial charge in [-0.2, -0.15) is 0 Å². The molecule has 0 bridgehead atoms. The van der Waals surface area contributed by atoms with E-state index in [4.69, 9.17) is 21.8 Å². The monoisotopic (exact) mass is 215 g/mol. The highest BCUT2D eigenvalue weighted by Crippen LogP contribution is 2.22. The van der Waals surface area contributed by atoms with Crippen LogP contribution in [0.25, 0.3) is 0 Å². The minimum atomic E-state index is -0.742. The van der Waals surface area contributed by atoms with E-state index in [1.54, 1.807) is 0 Å². The molecule has 0 unspecified atom stereocenters. The topological polar surface area (TPSA) is 52.5 Å². The van der Waals surface area contributed by atoms with Crippen LogP contribution in [0.2, 0.25) is 5.02 Å². The molecular formula is C10H14ClNO2. The van der Waals surface area contributed by atoms with Crippen LogP contribution in [0, 0.1) is 6.92 Å². The molecule has 78 valence electrons. The molecule has 0 saturated carbocycles. The van der Waals surface area contributed by atoms with Gasteiger partial charge in [0, 0.05) is 17.3 Å². The highest BCUT2D eigenvalue weighted by atomic mass is 35.5. The number of aliphatic hydroxyl groups is 2. The lowest BCUT2D eigenvalue weighted by atomic mass is 10.2. The first-order chi connectivity index (χ1) is 6.65. The molecule has 4 heteroatoms. The molecule has 1 aromatic rings. The van der Waals surface area contributed by atoms with E-state index >= 15 is 0 Å². The molecule has 1 atom stereocenters. The molecule has 0 spiro atoms. The molecule has 0 aliphatic heterocycles. The van der Waals surface area contributed by atoms with E-state index in [0.29, 0.717) is 11.6 Å². The summed E-state index contributed by atoms with van der Waals surface area (Å²) in [5.74, 6) is 0. The van der Waals surface area contributed by atoms with Crippen molar-refractivity contribution in [3.8, 4) is 0 Å². The van der Waals surface area contributed by atoms with Gasteiger partial charge >= 0.3 is 0 Å². The molecule has 0 aromatic heterocycles. The molecule has 1 aromatic carbocycles. The van der Waals surface area contributed by atoms with Crippen LogP contribution in [0.5, 0.6) is 0 Å². The molecule has 0 radical (unpaired) electrons. The highest BCUT2D eigenvalue weighted by molar-refractivity contribution is 6.31. The Kier molecular flexibility index (Phi) is 4.20. The molecule has 0 heterocycles. The molecule has 0 amide bonds. The summed E-state index contributed by atoms with van der Waals surface area (Å²) < 4.78 is 0. The fourth-order valence-electron chi connectivity index (χ4n) is 1.09. The summed E-state index contributed by atoms with van der Waals surface area (Å²) in [6, 6.07) is 5.53. The summed E-state index contributed by atoms with van der Waals surface area (Å²) in [7, 11) is 0. The van der Waals surface area contributed by atoms with Gasteiger partial charge in [-0.15, -0.1) is 0 Å². The average molecular weight is 216 g/mol. The Balaban J connectivity index is 2.63. The van der Waals surface area contributed by atoms with Gasteiger partial charge in [0.1, 0.15) is 0 Å². The fraction of sp³-hybridized carbons (Fsp3) is 0.400. The first kappa shape index (κ1) is 11.3. The van der Waals surface area contributed by atoms with Crippen molar-refractivity contribution in [1.29, 1.82) is 0 Å². The summed E-state index contributed by atoms with van der Waals surface area (Å²) in [4.78, 5) is 0. The maximum atomic E-state index is 9.13. The number of anilines is 1. The van der Waals surface area contributed by atoms with Gasteiger partial charge in [0.25, 0.3) is 0 Å². The smallest absolute Gasteiger partial charge is 0.0942 e. The van der Waals surface area contributed by atoms with E-state index in [1.807, 2.05) is 25.1 Å². The second-order valence-corrected chi connectivity index (χ2v) is 3.54. The minimum absolute atomic E-state index is 0.243. The van der Waals surface area contributed by atoms with Gasteiger partial charge in [0.15, 0.2) is 0 Å². The number of nitrogens with one attached hydrogen (secondary N) is 1. The van der Waals surface area contributed by atoms with Crippen molar-refractivity contribution in [3.05, 3.63) is 28.8 Å². The summed E-state index contributed by atoms with van der Waals surface area (Å²) in [6.07, 6.45) is -0.742. The van der Waals surface area contributed by atoms with Crippen molar-refractivity contribution in [2.45, 2.75) is 13.0 Å². The molecular weight excluding hydrogens is 202 g/mol. The van der Waals surface area contributed by atoms with Crippen molar-refractivity contribution in [1.82, 2.24) is 0 Å². The molecule has 3 N–H and O–H groups in total. The molecule has 0 aliphatic carbocycles. The van der Waals surface area contributed by atoms with Gasteiger partial charge < -0.3 is 15.5 Å². The number of rotatable bonds is 4. The zero-order valence-corrected chi connectivity index (χ0v) is 8.75. The third kappa shape index (κ3) is 2.87. The number of hydrogen-bond donors (Lipinski definition) is 3. The van der Waals surface area contributed by atoms with Crippen LogP contribution < -0.4 is 5.32 Å². The summed E-state index contributed by atoms with van der Waals surface area (Å²) in [5.41, 5.74) is 1.82. The third-order valence-electron chi connectivity index (χ3n) is 2.01. The molecule has 0 aliphatic rings. The maximum absolute atomic E-state index is 9.13. The first-order valence-corrected chi connectivity index (χ1v) is 4.81. The largest absolute Gasteiger partial charge is 0.394 e. The van der Waals surface area contributed by atoms with Crippen LogP contribution in [-0.4, -0.2) is 29.5 Å². The Morgan fingerprint density at radius 1 is 1.50 bits per heavy atom. The van der Waals surface area contributed by atoms with Gasteiger partial charge in [-0.25, -0.2) is 0 Å². The quantitative estimate of drug-likeness (QED) is 0.712. The average Bonchev–Trinajstić information content (AvgIpc) is 2.20. The molecule has 14 heavy (non-hydrogen) atoms. The van der Waals surface area contributed by atoms with E-state index in [0.717, 1.165) is 11.3 Å². The fourth-order valence-corrected chi connectivity index (χ4v) is 1.27. The van der Waals surface area contributed by atoms with Crippen LogP contribution in [0.3, 0.4) is 0 Å². The van der Waals surface area contributed by atoms with Gasteiger partial charge in [-0.05, 0) is 24.6 Å². The van der Waals surface area contributed by atoms with E-state index < -0.39 is 6.10 Å². The number of aliphatic hydroxyl groups excluding tert-OH is 2. The van der Waals surface area contributed by atoms with Gasteiger partial charge in [-0.1, -0.05) is 17.7 Å². The van der Waals surface area contributed by atoms with Crippen molar-refractivity contribution in [2.24, 2.45) is 0 Å². The Morgan fingerprint density at radius 2 is 2.21 bits per heavy atom. The Hall–Kier alpha value is -0.770. The van der Waals surface area contributed by atoms with Crippen LogP contribution in [-0.2, 0) is 0 Å². The van der Waals surface area contributed by atoms with Gasteiger partial charge in [0.05, 0.1) is 12.7 Å². The number of benzene rings is 1. The SMILES string of the molecule is Cc1c(Cl)cccc1NC[C@H](O)CO. The molecule has 1 rings (SSSR count). The zero-order chi connectivity index (χ0) is 10.6. The lowest BCUT2D eigenvalue weighted by Crippen LogP contribution is -2.23. The van der Waals surface area contributed by atoms with Crippen molar-refractivity contribution < 1.29 is 10.2 Å². The summed E-state index contributed by atoms with van der Waals surface area (Å²) in [6.45, 7) is 1.97. The van der Waals surface area contributed by atoms with Crippen molar-refractivity contribution >= 4 is 17.3 Å². The molecule has 3 nitrogen and oxygen atoms in total. The van der Waals surface area contributed by atoms with Gasteiger partial charge in [0.2, 0.25) is 0 Å². The van der Waals surface area contributed by atoms with Crippen molar-refractivity contribution in [3.63, 3.8) is 0 Å². The Bertz CT molecular complexity index is 304. The second kappa shape index (κ2) is 5.20. The normalized spacial score (nSPS) is 12.6. The number of halogens is 1. The van der Waals surface area contributed by atoms with Crippen LogP contribution in [0.15, 0.2) is 18.2 Å². The van der Waals surface area contributed by atoms with Gasteiger partial charge in [-0.3, -0.25) is 0 Å². The van der Waals surface area contributed by atoms with Crippen LogP contribution in [0.4, 0.5) is 5.69 Å². The van der Waals surface area contributed by atoms with E-state index in [2.05, 4.69) is 5.32 Å². The minimum Gasteiger partial charge on any atom is -0.394 e. The summed E-state index contributed by atoms with van der Waals surface area (Å²) >= 11 is 5.91. The van der Waals surface area contributed by atoms with E-state index in [-0.39, 0.29) is 6.61 Å². The lowest BCUT2D eigenvalue weighted by Gasteiger charge is -2.12. The maximum Gasteiger partial charge on any atom is 0.0942 e. The predicted molar refractivity (Wildman–Crippen MR) is 57.8 cm³/mol. The molecule has 0 fully saturated rings.